The summed E-state index contributed by atoms with van der Waals surface area (Å²) in [6.07, 6.45) is 0.402. The van der Waals surface area contributed by atoms with Gasteiger partial charge in [0.15, 0.2) is 16.4 Å². The number of ether oxygens (including phenoxy) is 1. The van der Waals surface area contributed by atoms with E-state index >= 15 is 0 Å². The molecule has 0 spiro atoms. The van der Waals surface area contributed by atoms with Crippen molar-refractivity contribution in [2.75, 3.05) is 23.0 Å². The molecular formula is C18H18FNO4S. The van der Waals surface area contributed by atoms with Gasteiger partial charge in [-0.2, -0.15) is 0 Å². The zero-order valence-electron chi connectivity index (χ0n) is 13.5. The topological polar surface area (TPSA) is 63.7 Å². The molecule has 1 aliphatic rings. The van der Waals surface area contributed by atoms with Crippen molar-refractivity contribution >= 4 is 21.4 Å². The quantitative estimate of drug-likeness (QED) is 0.818. The molecule has 1 amide bonds. The summed E-state index contributed by atoms with van der Waals surface area (Å²) in [5.74, 6) is -0.322. The van der Waals surface area contributed by atoms with Crippen LogP contribution in [-0.4, -0.2) is 38.5 Å². The minimum Gasteiger partial charge on any atom is -0.484 e. The largest absolute Gasteiger partial charge is 0.484 e. The lowest BCUT2D eigenvalue weighted by molar-refractivity contribution is -0.121. The number of carbonyl (C=O) groups excluding carboxylic acids is 1. The Morgan fingerprint density at radius 3 is 2.40 bits per heavy atom. The predicted octanol–water partition coefficient (Wildman–Crippen LogP) is 2.42. The van der Waals surface area contributed by atoms with Gasteiger partial charge in [0.1, 0.15) is 11.6 Å². The molecule has 3 rings (SSSR count). The Labute approximate surface area is 145 Å². The lowest BCUT2D eigenvalue weighted by atomic mass is 10.2. The molecule has 7 heteroatoms. The fourth-order valence-corrected chi connectivity index (χ4v) is 4.57. The van der Waals surface area contributed by atoms with E-state index in [0.29, 0.717) is 17.9 Å². The number of rotatable bonds is 5. The fraction of sp³-hybridized carbons (Fsp3) is 0.278. The lowest BCUT2D eigenvalue weighted by Crippen LogP contribution is -2.43. The Balaban J connectivity index is 1.76. The van der Waals surface area contributed by atoms with E-state index in [2.05, 4.69) is 0 Å². The van der Waals surface area contributed by atoms with Crippen molar-refractivity contribution < 1.29 is 22.3 Å². The average molecular weight is 363 g/mol. The number of nitrogens with zero attached hydrogens (tertiary/aromatic N) is 1. The van der Waals surface area contributed by atoms with Crippen molar-refractivity contribution in [1.82, 2.24) is 0 Å². The third-order valence-electron chi connectivity index (χ3n) is 4.05. The highest BCUT2D eigenvalue weighted by molar-refractivity contribution is 7.91. The normalized spacial score (nSPS) is 18.7. The SMILES string of the molecule is O=C(COc1ccc(F)cc1)N(c1ccccc1)[C@@H]1CCS(=O)(=O)C1. The van der Waals surface area contributed by atoms with E-state index in [0.717, 1.165) is 0 Å². The number of hydrogen-bond acceptors (Lipinski definition) is 4. The molecule has 0 radical (unpaired) electrons. The average Bonchev–Trinajstić information content (AvgIpc) is 2.95. The molecule has 1 saturated heterocycles. The minimum absolute atomic E-state index is 0.0514. The second-order valence-electron chi connectivity index (χ2n) is 5.90. The van der Waals surface area contributed by atoms with Gasteiger partial charge in [-0.1, -0.05) is 18.2 Å². The van der Waals surface area contributed by atoms with E-state index in [1.807, 2.05) is 6.07 Å². The van der Waals surface area contributed by atoms with Crippen LogP contribution < -0.4 is 9.64 Å². The van der Waals surface area contributed by atoms with Gasteiger partial charge < -0.3 is 9.64 Å². The Bertz CT molecular complexity index is 837. The third-order valence-corrected chi connectivity index (χ3v) is 5.80. The molecule has 2 aromatic rings. The number of carbonyl (C=O) groups is 1. The maximum atomic E-state index is 12.9. The number of sulfone groups is 1. The molecule has 0 aromatic heterocycles. The van der Waals surface area contributed by atoms with Crippen LogP contribution in [0.15, 0.2) is 54.6 Å². The van der Waals surface area contributed by atoms with Crippen LogP contribution >= 0.6 is 0 Å². The number of anilines is 1. The number of halogens is 1. The standard InChI is InChI=1S/C18H18FNO4S/c19-14-6-8-17(9-7-14)24-12-18(21)20(15-4-2-1-3-5-15)16-10-11-25(22,23)13-16/h1-9,16H,10-13H2/t16-/m1/s1. The van der Waals surface area contributed by atoms with Crippen molar-refractivity contribution in [3.8, 4) is 5.75 Å². The first-order valence-corrected chi connectivity index (χ1v) is 9.73. The van der Waals surface area contributed by atoms with Gasteiger partial charge in [-0.05, 0) is 42.8 Å². The van der Waals surface area contributed by atoms with E-state index in [9.17, 15) is 17.6 Å². The molecule has 0 unspecified atom stereocenters. The van der Waals surface area contributed by atoms with Crippen molar-refractivity contribution in [2.24, 2.45) is 0 Å². The number of hydrogen-bond donors (Lipinski definition) is 0. The molecular weight excluding hydrogens is 345 g/mol. The predicted molar refractivity (Wildman–Crippen MR) is 92.9 cm³/mol. The maximum absolute atomic E-state index is 12.9. The molecule has 2 aromatic carbocycles. The Morgan fingerprint density at radius 2 is 1.80 bits per heavy atom. The zero-order valence-corrected chi connectivity index (χ0v) is 14.3. The van der Waals surface area contributed by atoms with Crippen LogP contribution in [0.25, 0.3) is 0 Å². The van der Waals surface area contributed by atoms with Crippen LogP contribution in [0.3, 0.4) is 0 Å². The molecule has 0 aliphatic carbocycles. The zero-order chi connectivity index (χ0) is 17.9. The molecule has 5 nitrogen and oxygen atoms in total. The highest BCUT2D eigenvalue weighted by Crippen LogP contribution is 2.25. The van der Waals surface area contributed by atoms with Crippen LogP contribution in [0.5, 0.6) is 5.75 Å². The van der Waals surface area contributed by atoms with Gasteiger partial charge >= 0.3 is 0 Å². The monoisotopic (exact) mass is 363 g/mol. The molecule has 0 saturated carbocycles. The van der Waals surface area contributed by atoms with Crippen molar-refractivity contribution in [3.05, 3.63) is 60.4 Å². The fourth-order valence-electron chi connectivity index (χ4n) is 2.87. The highest BCUT2D eigenvalue weighted by atomic mass is 32.2. The molecule has 1 atom stereocenters. The van der Waals surface area contributed by atoms with Gasteiger partial charge in [0.05, 0.1) is 17.5 Å². The number of benzene rings is 2. The number of para-hydroxylation sites is 1. The summed E-state index contributed by atoms with van der Waals surface area (Å²) in [5, 5.41) is 0. The summed E-state index contributed by atoms with van der Waals surface area (Å²) in [6.45, 7) is -0.253. The van der Waals surface area contributed by atoms with Crippen molar-refractivity contribution in [2.45, 2.75) is 12.5 Å². The molecule has 25 heavy (non-hydrogen) atoms. The Morgan fingerprint density at radius 1 is 1.12 bits per heavy atom. The minimum atomic E-state index is -3.13. The van der Waals surface area contributed by atoms with E-state index < -0.39 is 15.9 Å². The van der Waals surface area contributed by atoms with Gasteiger partial charge in [-0.15, -0.1) is 0 Å². The van der Waals surface area contributed by atoms with Crippen LogP contribution in [-0.2, 0) is 14.6 Å². The summed E-state index contributed by atoms with van der Waals surface area (Å²) in [7, 11) is -3.13. The van der Waals surface area contributed by atoms with Crippen LogP contribution in [0.2, 0.25) is 0 Å². The molecule has 1 heterocycles. The number of amides is 1. The molecule has 1 aliphatic heterocycles. The van der Waals surface area contributed by atoms with Gasteiger partial charge in [0.25, 0.3) is 5.91 Å². The molecule has 0 N–H and O–H groups in total. The summed E-state index contributed by atoms with van der Waals surface area (Å²) in [4.78, 5) is 14.2. The third kappa shape index (κ3) is 4.36. The first-order chi connectivity index (χ1) is 11.9. The summed E-state index contributed by atoms with van der Waals surface area (Å²) in [6, 6.07) is 13.9. The summed E-state index contributed by atoms with van der Waals surface area (Å²) < 4.78 is 42.0. The highest BCUT2D eigenvalue weighted by Gasteiger charge is 2.35. The maximum Gasteiger partial charge on any atom is 0.265 e. The Kier molecular flexibility index (Phi) is 5.03. The first-order valence-electron chi connectivity index (χ1n) is 7.90. The molecule has 1 fully saturated rings. The molecule has 0 bridgehead atoms. The van der Waals surface area contributed by atoms with Crippen molar-refractivity contribution in [1.29, 1.82) is 0 Å². The van der Waals surface area contributed by atoms with E-state index in [1.54, 1.807) is 24.3 Å². The van der Waals surface area contributed by atoms with Crippen LogP contribution in [0.1, 0.15) is 6.42 Å². The lowest BCUT2D eigenvalue weighted by Gasteiger charge is -2.28. The van der Waals surface area contributed by atoms with Gasteiger partial charge in [0.2, 0.25) is 0 Å². The van der Waals surface area contributed by atoms with E-state index in [4.69, 9.17) is 4.74 Å². The van der Waals surface area contributed by atoms with Gasteiger partial charge in [0, 0.05) is 5.69 Å². The van der Waals surface area contributed by atoms with E-state index in [1.165, 1.54) is 29.2 Å². The van der Waals surface area contributed by atoms with Gasteiger partial charge in [-0.3, -0.25) is 4.79 Å². The molecule has 132 valence electrons. The van der Waals surface area contributed by atoms with Crippen LogP contribution in [0.4, 0.5) is 10.1 Å². The first kappa shape index (κ1) is 17.4. The van der Waals surface area contributed by atoms with Gasteiger partial charge in [-0.25, -0.2) is 12.8 Å². The van der Waals surface area contributed by atoms with E-state index in [-0.39, 0.29) is 29.8 Å². The second kappa shape index (κ2) is 7.23. The second-order valence-corrected chi connectivity index (χ2v) is 8.13. The summed E-state index contributed by atoms with van der Waals surface area (Å²) >= 11 is 0. The Hall–Kier alpha value is -2.41. The summed E-state index contributed by atoms with van der Waals surface area (Å²) in [5.41, 5.74) is 0.636. The van der Waals surface area contributed by atoms with Crippen molar-refractivity contribution in [3.63, 3.8) is 0 Å². The van der Waals surface area contributed by atoms with Crippen LogP contribution in [0, 0.1) is 5.82 Å². The smallest absolute Gasteiger partial charge is 0.265 e.